The molecule has 0 radical (unpaired) electrons. The van der Waals surface area contributed by atoms with Crippen LogP contribution in [0.15, 0.2) is 61.1 Å². The van der Waals surface area contributed by atoms with E-state index < -0.39 is 0 Å². The molecule has 2 aromatic carbocycles. The summed E-state index contributed by atoms with van der Waals surface area (Å²) in [7, 11) is 0. The monoisotopic (exact) mass is 398 g/mol. The molecular formula is C20H16Cl2N4O. The number of fused-ring (bicyclic) bond motifs is 1. The number of carbonyl (C=O) groups excluding carboxylic acids is 1. The zero-order valence-electron chi connectivity index (χ0n) is 14.2. The van der Waals surface area contributed by atoms with Gasteiger partial charge in [0, 0.05) is 45.5 Å². The topological polar surface area (TPSA) is 62.7 Å². The molecule has 0 saturated heterocycles. The normalized spacial score (nSPS) is 11.0. The summed E-state index contributed by atoms with van der Waals surface area (Å²) >= 11 is 11.9. The predicted molar refractivity (Wildman–Crippen MR) is 107 cm³/mol. The molecule has 7 heteroatoms. The summed E-state index contributed by atoms with van der Waals surface area (Å²) in [6.45, 7) is 0.417. The van der Waals surface area contributed by atoms with Crippen LogP contribution in [0.2, 0.25) is 10.0 Å². The average Bonchev–Trinajstić information content (AvgIpc) is 3.28. The van der Waals surface area contributed by atoms with Gasteiger partial charge in [-0.15, -0.1) is 0 Å². The number of benzene rings is 2. The van der Waals surface area contributed by atoms with E-state index in [0.717, 1.165) is 27.7 Å². The van der Waals surface area contributed by atoms with Crippen molar-refractivity contribution in [2.75, 3.05) is 0 Å². The van der Waals surface area contributed by atoms with E-state index in [9.17, 15) is 4.79 Å². The van der Waals surface area contributed by atoms with E-state index in [4.69, 9.17) is 23.2 Å². The quantitative estimate of drug-likeness (QED) is 0.518. The maximum Gasteiger partial charge on any atom is 0.224 e. The van der Waals surface area contributed by atoms with Crippen LogP contribution in [0.3, 0.4) is 0 Å². The first-order chi connectivity index (χ1) is 13.1. The van der Waals surface area contributed by atoms with Crippen LogP contribution in [0.5, 0.6) is 0 Å². The molecule has 0 aliphatic carbocycles. The lowest BCUT2D eigenvalue weighted by molar-refractivity contribution is -0.120. The minimum absolute atomic E-state index is 0.0508. The lowest BCUT2D eigenvalue weighted by atomic mass is 10.1. The molecule has 2 aromatic heterocycles. The van der Waals surface area contributed by atoms with Crippen molar-refractivity contribution in [2.45, 2.75) is 13.0 Å². The van der Waals surface area contributed by atoms with Crippen molar-refractivity contribution < 1.29 is 4.79 Å². The van der Waals surface area contributed by atoms with E-state index in [1.807, 2.05) is 54.9 Å². The van der Waals surface area contributed by atoms with Crippen molar-refractivity contribution in [2.24, 2.45) is 0 Å². The summed E-state index contributed by atoms with van der Waals surface area (Å²) in [5.74, 6) is -0.0508. The van der Waals surface area contributed by atoms with E-state index in [0.29, 0.717) is 23.0 Å². The van der Waals surface area contributed by atoms with Gasteiger partial charge in [-0.25, -0.2) is 4.68 Å². The summed E-state index contributed by atoms with van der Waals surface area (Å²) in [6.07, 6.45) is 5.77. The molecule has 0 atom stereocenters. The van der Waals surface area contributed by atoms with Gasteiger partial charge in [0.2, 0.25) is 5.91 Å². The van der Waals surface area contributed by atoms with Crippen molar-refractivity contribution in [3.8, 4) is 5.69 Å². The standard InChI is InChI=1S/C20H16Cl2N4O/c21-15-1-4-17(5-2-15)26-12-13(10-25-26)9-24-20(27)7-14-11-23-19-8-16(22)3-6-18(14)19/h1-6,8,10-12,23H,7,9H2,(H,24,27). The number of carbonyl (C=O) groups is 1. The fourth-order valence-corrected chi connectivity index (χ4v) is 3.23. The SMILES string of the molecule is O=C(Cc1c[nH]c2cc(Cl)ccc12)NCc1cnn(-c2ccc(Cl)cc2)c1. The number of aromatic nitrogens is 3. The van der Waals surface area contributed by atoms with Gasteiger partial charge in [-0.05, 0) is 42.0 Å². The molecule has 136 valence electrons. The Morgan fingerprint density at radius 1 is 1.11 bits per heavy atom. The third-order valence-corrected chi connectivity index (χ3v) is 4.78. The van der Waals surface area contributed by atoms with E-state index >= 15 is 0 Å². The van der Waals surface area contributed by atoms with E-state index in [1.165, 1.54) is 0 Å². The second kappa shape index (κ2) is 7.47. The molecule has 0 aliphatic rings. The molecule has 4 aromatic rings. The van der Waals surface area contributed by atoms with Crippen LogP contribution in [-0.2, 0) is 17.8 Å². The first kappa shape index (κ1) is 17.6. The van der Waals surface area contributed by atoms with Gasteiger partial charge >= 0.3 is 0 Å². The molecule has 1 amide bonds. The fourth-order valence-electron chi connectivity index (χ4n) is 2.93. The van der Waals surface area contributed by atoms with Crippen molar-refractivity contribution in [3.63, 3.8) is 0 Å². The fraction of sp³-hybridized carbons (Fsp3) is 0.100. The smallest absolute Gasteiger partial charge is 0.224 e. The maximum absolute atomic E-state index is 12.3. The molecule has 0 spiro atoms. The highest BCUT2D eigenvalue weighted by molar-refractivity contribution is 6.31. The Hall–Kier alpha value is -2.76. The Labute approximate surface area is 165 Å². The Bertz CT molecular complexity index is 1100. The Balaban J connectivity index is 1.38. The van der Waals surface area contributed by atoms with Gasteiger partial charge in [-0.2, -0.15) is 5.10 Å². The van der Waals surface area contributed by atoms with Gasteiger partial charge in [-0.1, -0.05) is 29.3 Å². The molecule has 0 fully saturated rings. The number of nitrogens with one attached hydrogen (secondary N) is 2. The average molecular weight is 399 g/mol. The number of hydrogen-bond donors (Lipinski definition) is 2. The molecule has 0 unspecified atom stereocenters. The molecule has 0 bridgehead atoms. The van der Waals surface area contributed by atoms with Crippen LogP contribution in [0, 0.1) is 0 Å². The number of nitrogens with zero attached hydrogens (tertiary/aromatic N) is 2. The number of aromatic amines is 1. The Morgan fingerprint density at radius 3 is 2.70 bits per heavy atom. The second-order valence-electron chi connectivity index (χ2n) is 6.23. The van der Waals surface area contributed by atoms with E-state index in [2.05, 4.69) is 15.4 Å². The number of amides is 1. The van der Waals surface area contributed by atoms with E-state index in [1.54, 1.807) is 10.9 Å². The summed E-state index contributed by atoms with van der Waals surface area (Å²) in [4.78, 5) is 15.5. The van der Waals surface area contributed by atoms with Crippen LogP contribution in [0.25, 0.3) is 16.6 Å². The van der Waals surface area contributed by atoms with Gasteiger partial charge in [0.1, 0.15) is 0 Å². The predicted octanol–water partition coefficient (Wildman–Crippen LogP) is 4.52. The Morgan fingerprint density at radius 2 is 1.89 bits per heavy atom. The Kier molecular flexibility index (Phi) is 4.88. The lowest BCUT2D eigenvalue weighted by Crippen LogP contribution is -2.24. The summed E-state index contributed by atoms with van der Waals surface area (Å²) in [5.41, 5.74) is 3.70. The molecule has 2 heterocycles. The van der Waals surface area contributed by atoms with Gasteiger partial charge in [0.05, 0.1) is 18.3 Å². The van der Waals surface area contributed by atoms with E-state index in [-0.39, 0.29) is 5.91 Å². The minimum Gasteiger partial charge on any atom is -0.361 e. The van der Waals surface area contributed by atoms with Gasteiger partial charge in [0.25, 0.3) is 0 Å². The molecule has 0 saturated carbocycles. The molecule has 0 aliphatic heterocycles. The van der Waals surface area contributed by atoms with Crippen molar-refractivity contribution in [3.05, 3.63) is 82.2 Å². The largest absolute Gasteiger partial charge is 0.361 e. The van der Waals surface area contributed by atoms with Gasteiger partial charge in [0.15, 0.2) is 0 Å². The van der Waals surface area contributed by atoms with Crippen LogP contribution in [-0.4, -0.2) is 20.7 Å². The van der Waals surface area contributed by atoms with Gasteiger partial charge < -0.3 is 10.3 Å². The number of rotatable bonds is 5. The third kappa shape index (κ3) is 3.99. The molecule has 27 heavy (non-hydrogen) atoms. The highest BCUT2D eigenvalue weighted by atomic mass is 35.5. The van der Waals surface area contributed by atoms with Crippen LogP contribution < -0.4 is 5.32 Å². The van der Waals surface area contributed by atoms with Crippen molar-refractivity contribution in [1.29, 1.82) is 0 Å². The highest BCUT2D eigenvalue weighted by Crippen LogP contribution is 2.22. The summed E-state index contributed by atoms with van der Waals surface area (Å²) < 4.78 is 1.75. The van der Waals surface area contributed by atoms with Gasteiger partial charge in [-0.3, -0.25) is 4.79 Å². The zero-order valence-corrected chi connectivity index (χ0v) is 15.8. The molecule has 2 N–H and O–H groups in total. The second-order valence-corrected chi connectivity index (χ2v) is 7.10. The third-order valence-electron chi connectivity index (χ3n) is 4.30. The minimum atomic E-state index is -0.0508. The lowest BCUT2D eigenvalue weighted by Gasteiger charge is -2.03. The summed E-state index contributed by atoms with van der Waals surface area (Å²) in [5, 5.41) is 9.61. The molecule has 4 rings (SSSR count). The van der Waals surface area contributed by atoms with Crippen LogP contribution >= 0.6 is 23.2 Å². The van der Waals surface area contributed by atoms with Crippen LogP contribution in [0.1, 0.15) is 11.1 Å². The van der Waals surface area contributed by atoms with Crippen LogP contribution in [0.4, 0.5) is 0 Å². The first-order valence-corrected chi connectivity index (χ1v) is 9.16. The molecule has 5 nitrogen and oxygen atoms in total. The number of H-pyrrole nitrogens is 1. The highest BCUT2D eigenvalue weighted by Gasteiger charge is 2.10. The van der Waals surface area contributed by atoms with Crippen molar-refractivity contribution >= 4 is 40.0 Å². The molecular weight excluding hydrogens is 383 g/mol. The number of hydrogen-bond acceptors (Lipinski definition) is 2. The number of halogens is 2. The first-order valence-electron chi connectivity index (χ1n) is 8.40. The zero-order chi connectivity index (χ0) is 18.8. The summed E-state index contributed by atoms with van der Waals surface area (Å²) in [6, 6.07) is 13.0. The maximum atomic E-state index is 12.3. The van der Waals surface area contributed by atoms with Crippen molar-refractivity contribution in [1.82, 2.24) is 20.1 Å².